The normalized spacial score (nSPS) is 11.9. The first kappa shape index (κ1) is 15.9. The van der Waals surface area contributed by atoms with E-state index in [4.69, 9.17) is 9.47 Å². The SMILES string of the molecule is CC(=O)c1ccc(NCC(=O)NCc2ccc3c(c2)OCO3)cc1. The number of Topliss-reactive ketones (excluding diaryl/α,β-unsaturated/α-hetero) is 1. The highest BCUT2D eigenvalue weighted by atomic mass is 16.7. The van der Waals surface area contributed by atoms with Gasteiger partial charge in [-0.15, -0.1) is 0 Å². The van der Waals surface area contributed by atoms with Crippen LogP contribution in [0.5, 0.6) is 11.5 Å². The zero-order chi connectivity index (χ0) is 16.9. The van der Waals surface area contributed by atoms with Crippen molar-refractivity contribution in [1.29, 1.82) is 0 Å². The summed E-state index contributed by atoms with van der Waals surface area (Å²) < 4.78 is 10.6. The van der Waals surface area contributed by atoms with Crippen molar-refractivity contribution in [2.45, 2.75) is 13.5 Å². The van der Waals surface area contributed by atoms with Crippen LogP contribution in [0.1, 0.15) is 22.8 Å². The lowest BCUT2D eigenvalue weighted by molar-refractivity contribution is -0.119. The number of ether oxygens (including phenoxy) is 2. The smallest absolute Gasteiger partial charge is 0.239 e. The Hall–Kier alpha value is -3.02. The molecular formula is C18H18N2O4. The molecule has 0 unspecified atom stereocenters. The van der Waals surface area contributed by atoms with Crippen molar-refractivity contribution >= 4 is 17.4 Å². The van der Waals surface area contributed by atoms with Crippen LogP contribution >= 0.6 is 0 Å². The van der Waals surface area contributed by atoms with Crippen LogP contribution in [0.4, 0.5) is 5.69 Å². The fourth-order valence-electron chi connectivity index (χ4n) is 2.32. The van der Waals surface area contributed by atoms with E-state index in [2.05, 4.69) is 10.6 Å². The molecule has 3 rings (SSSR count). The van der Waals surface area contributed by atoms with Crippen LogP contribution in [0.15, 0.2) is 42.5 Å². The molecule has 6 heteroatoms. The molecule has 0 radical (unpaired) electrons. The van der Waals surface area contributed by atoms with Crippen molar-refractivity contribution in [3.8, 4) is 11.5 Å². The summed E-state index contributed by atoms with van der Waals surface area (Å²) in [5, 5.41) is 5.86. The van der Waals surface area contributed by atoms with E-state index in [-0.39, 0.29) is 25.0 Å². The van der Waals surface area contributed by atoms with E-state index in [0.717, 1.165) is 17.0 Å². The molecular weight excluding hydrogens is 308 g/mol. The van der Waals surface area contributed by atoms with Crippen molar-refractivity contribution in [2.24, 2.45) is 0 Å². The van der Waals surface area contributed by atoms with Gasteiger partial charge in [0, 0.05) is 17.8 Å². The number of anilines is 1. The summed E-state index contributed by atoms with van der Waals surface area (Å²) in [7, 11) is 0. The number of ketones is 1. The summed E-state index contributed by atoms with van der Waals surface area (Å²) in [5.41, 5.74) is 2.38. The van der Waals surface area contributed by atoms with Crippen LogP contribution in [0.3, 0.4) is 0 Å². The van der Waals surface area contributed by atoms with E-state index in [1.54, 1.807) is 24.3 Å². The number of nitrogens with one attached hydrogen (secondary N) is 2. The second-order valence-electron chi connectivity index (χ2n) is 5.45. The Balaban J connectivity index is 1.46. The number of carbonyl (C=O) groups is 2. The lowest BCUT2D eigenvalue weighted by atomic mass is 10.1. The molecule has 1 heterocycles. The number of amides is 1. The molecule has 6 nitrogen and oxygen atoms in total. The second-order valence-corrected chi connectivity index (χ2v) is 5.45. The summed E-state index contributed by atoms with van der Waals surface area (Å²) in [6.07, 6.45) is 0. The van der Waals surface area contributed by atoms with E-state index in [1.807, 2.05) is 18.2 Å². The van der Waals surface area contributed by atoms with Gasteiger partial charge in [-0.3, -0.25) is 9.59 Å². The van der Waals surface area contributed by atoms with Gasteiger partial charge < -0.3 is 20.1 Å². The van der Waals surface area contributed by atoms with E-state index >= 15 is 0 Å². The maximum absolute atomic E-state index is 11.9. The molecule has 2 aromatic rings. The summed E-state index contributed by atoms with van der Waals surface area (Å²) >= 11 is 0. The van der Waals surface area contributed by atoms with Gasteiger partial charge in [0.1, 0.15) is 0 Å². The summed E-state index contributed by atoms with van der Waals surface area (Å²) in [6.45, 7) is 2.33. The molecule has 124 valence electrons. The van der Waals surface area contributed by atoms with Gasteiger partial charge in [-0.2, -0.15) is 0 Å². The van der Waals surface area contributed by atoms with Gasteiger partial charge in [0.25, 0.3) is 0 Å². The summed E-state index contributed by atoms with van der Waals surface area (Å²) in [4.78, 5) is 23.1. The van der Waals surface area contributed by atoms with Crippen molar-refractivity contribution < 1.29 is 19.1 Å². The lowest BCUT2D eigenvalue weighted by Crippen LogP contribution is -2.29. The summed E-state index contributed by atoms with van der Waals surface area (Å²) in [5.74, 6) is 1.32. The van der Waals surface area contributed by atoms with Crippen LogP contribution in [0.25, 0.3) is 0 Å². The maximum Gasteiger partial charge on any atom is 0.239 e. The highest BCUT2D eigenvalue weighted by molar-refractivity contribution is 5.94. The fourth-order valence-corrected chi connectivity index (χ4v) is 2.32. The Bertz CT molecular complexity index is 756. The second kappa shape index (κ2) is 7.04. The van der Waals surface area contributed by atoms with Crippen LogP contribution in [0, 0.1) is 0 Å². The fraction of sp³-hybridized carbons (Fsp3) is 0.222. The Morgan fingerprint density at radius 3 is 2.54 bits per heavy atom. The monoisotopic (exact) mass is 326 g/mol. The van der Waals surface area contributed by atoms with Gasteiger partial charge in [0.2, 0.25) is 12.7 Å². The molecule has 1 amide bonds. The minimum atomic E-state index is -0.122. The first-order chi connectivity index (χ1) is 11.6. The van der Waals surface area contributed by atoms with Gasteiger partial charge in [-0.05, 0) is 48.9 Å². The van der Waals surface area contributed by atoms with E-state index in [9.17, 15) is 9.59 Å². The largest absolute Gasteiger partial charge is 0.454 e. The molecule has 0 saturated carbocycles. The molecule has 2 aromatic carbocycles. The third kappa shape index (κ3) is 3.84. The molecule has 2 N–H and O–H groups in total. The first-order valence-corrected chi connectivity index (χ1v) is 7.62. The van der Waals surface area contributed by atoms with E-state index in [1.165, 1.54) is 6.92 Å². The van der Waals surface area contributed by atoms with Gasteiger partial charge in [-0.1, -0.05) is 6.07 Å². The lowest BCUT2D eigenvalue weighted by Gasteiger charge is -2.09. The molecule has 0 aliphatic carbocycles. The number of carbonyl (C=O) groups excluding carboxylic acids is 2. The highest BCUT2D eigenvalue weighted by Crippen LogP contribution is 2.32. The molecule has 24 heavy (non-hydrogen) atoms. The number of rotatable bonds is 6. The van der Waals surface area contributed by atoms with Crippen LogP contribution in [0.2, 0.25) is 0 Å². The Labute approximate surface area is 139 Å². The van der Waals surface area contributed by atoms with Gasteiger partial charge in [0.15, 0.2) is 17.3 Å². The zero-order valence-electron chi connectivity index (χ0n) is 13.3. The van der Waals surface area contributed by atoms with Crippen LogP contribution in [-0.4, -0.2) is 25.0 Å². The first-order valence-electron chi connectivity index (χ1n) is 7.62. The average Bonchev–Trinajstić information content (AvgIpc) is 3.06. The molecule has 0 fully saturated rings. The zero-order valence-corrected chi connectivity index (χ0v) is 13.3. The molecule has 0 bridgehead atoms. The van der Waals surface area contributed by atoms with Crippen LogP contribution < -0.4 is 20.1 Å². The minimum absolute atomic E-state index is 0.0167. The van der Waals surface area contributed by atoms with E-state index < -0.39 is 0 Å². The molecule has 0 aromatic heterocycles. The van der Waals surface area contributed by atoms with Gasteiger partial charge in [-0.25, -0.2) is 0 Å². The van der Waals surface area contributed by atoms with Crippen molar-refractivity contribution in [3.63, 3.8) is 0 Å². The average molecular weight is 326 g/mol. The van der Waals surface area contributed by atoms with Crippen molar-refractivity contribution in [2.75, 3.05) is 18.7 Å². The highest BCUT2D eigenvalue weighted by Gasteiger charge is 2.13. The quantitative estimate of drug-likeness (QED) is 0.797. The Kier molecular flexibility index (Phi) is 4.65. The predicted molar refractivity (Wildman–Crippen MR) is 89.3 cm³/mol. The van der Waals surface area contributed by atoms with Crippen molar-refractivity contribution in [3.05, 3.63) is 53.6 Å². The molecule has 1 aliphatic rings. The van der Waals surface area contributed by atoms with E-state index in [0.29, 0.717) is 17.9 Å². The summed E-state index contributed by atoms with van der Waals surface area (Å²) in [6, 6.07) is 12.6. The number of hydrogen-bond donors (Lipinski definition) is 2. The molecule has 1 aliphatic heterocycles. The molecule has 0 atom stereocenters. The van der Waals surface area contributed by atoms with Crippen LogP contribution in [-0.2, 0) is 11.3 Å². The number of hydrogen-bond acceptors (Lipinski definition) is 5. The topological polar surface area (TPSA) is 76.7 Å². The van der Waals surface area contributed by atoms with Gasteiger partial charge in [0.05, 0.1) is 6.54 Å². The van der Waals surface area contributed by atoms with Gasteiger partial charge >= 0.3 is 0 Å². The minimum Gasteiger partial charge on any atom is -0.454 e. The third-order valence-corrected chi connectivity index (χ3v) is 3.67. The third-order valence-electron chi connectivity index (χ3n) is 3.67. The number of fused-ring (bicyclic) bond motifs is 1. The maximum atomic E-state index is 11.9. The molecule has 0 saturated heterocycles. The van der Waals surface area contributed by atoms with Crippen molar-refractivity contribution in [1.82, 2.24) is 5.32 Å². The Morgan fingerprint density at radius 2 is 1.79 bits per heavy atom. The molecule has 0 spiro atoms. The standard InChI is InChI=1S/C18H18N2O4/c1-12(21)14-3-5-15(6-4-14)19-10-18(22)20-9-13-2-7-16-17(8-13)24-11-23-16/h2-8,19H,9-11H2,1H3,(H,20,22). The Morgan fingerprint density at radius 1 is 1.04 bits per heavy atom. The number of benzene rings is 2. The predicted octanol–water partition coefficient (Wildman–Crippen LogP) is 2.35.